The van der Waals surface area contributed by atoms with E-state index in [1.54, 1.807) is 0 Å². The van der Waals surface area contributed by atoms with Crippen LogP contribution in [0.2, 0.25) is 0 Å². The van der Waals surface area contributed by atoms with E-state index in [0.717, 1.165) is 11.5 Å². The zero-order valence-corrected chi connectivity index (χ0v) is 10.6. The first-order chi connectivity index (χ1) is 8.20. The van der Waals surface area contributed by atoms with Crippen molar-refractivity contribution in [2.75, 3.05) is 13.7 Å². The van der Waals surface area contributed by atoms with Gasteiger partial charge in [0.15, 0.2) is 17.6 Å². The molecule has 1 aliphatic rings. The first-order valence-electron chi connectivity index (χ1n) is 5.91. The Labute approximate surface area is 102 Å². The maximum Gasteiger partial charge on any atom is 0.161 e. The third-order valence-electron chi connectivity index (χ3n) is 2.78. The second-order valence-electron chi connectivity index (χ2n) is 4.47. The number of ether oxygens (including phenoxy) is 2. The van der Waals surface area contributed by atoms with Gasteiger partial charge in [-0.25, -0.2) is 0 Å². The number of likely N-dealkylation sites (N-methyl/N-ethyl adjacent to an activating group) is 1. The van der Waals surface area contributed by atoms with Gasteiger partial charge >= 0.3 is 0 Å². The minimum atomic E-state index is 0.0183. The Bertz CT molecular complexity index is 410. The smallest absolute Gasteiger partial charge is 0.161 e. The van der Waals surface area contributed by atoms with Crippen LogP contribution in [0, 0.1) is 0 Å². The molecule has 1 heterocycles. The van der Waals surface area contributed by atoms with Gasteiger partial charge in [0.05, 0.1) is 6.04 Å². The molecule has 0 bridgehead atoms. The summed E-state index contributed by atoms with van der Waals surface area (Å²) in [6, 6.07) is 7.96. The lowest BCUT2D eigenvalue weighted by Gasteiger charge is -2.30. The molecule has 92 valence electrons. The summed E-state index contributed by atoms with van der Waals surface area (Å²) >= 11 is 0. The Hall–Kier alpha value is -1.48. The van der Waals surface area contributed by atoms with Crippen molar-refractivity contribution < 1.29 is 9.47 Å². The van der Waals surface area contributed by atoms with E-state index in [9.17, 15) is 0 Å². The van der Waals surface area contributed by atoms with Crippen molar-refractivity contribution in [1.29, 1.82) is 0 Å². The van der Waals surface area contributed by atoms with Crippen LogP contribution in [0.25, 0.3) is 0 Å². The number of hydrogen-bond acceptors (Lipinski definition) is 3. The van der Waals surface area contributed by atoms with Crippen LogP contribution in [0.3, 0.4) is 0 Å². The van der Waals surface area contributed by atoms with Crippen molar-refractivity contribution >= 4 is 0 Å². The molecule has 0 aliphatic carbocycles. The zero-order valence-electron chi connectivity index (χ0n) is 10.6. The fourth-order valence-corrected chi connectivity index (χ4v) is 1.95. The molecule has 3 heteroatoms. The number of benzene rings is 1. The van der Waals surface area contributed by atoms with Crippen LogP contribution in [-0.4, -0.2) is 25.8 Å². The largest absolute Gasteiger partial charge is 0.486 e. The van der Waals surface area contributed by atoms with Gasteiger partial charge in [-0.15, -0.1) is 0 Å². The van der Waals surface area contributed by atoms with Crippen LogP contribution < -0.4 is 14.8 Å². The Kier molecular flexibility index (Phi) is 3.69. The van der Waals surface area contributed by atoms with Gasteiger partial charge in [-0.3, -0.25) is 0 Å². The molecule has 17 heavy (non-hydrogen) atoms. The van der Waals surface area contributed by atoms with Crippen molar-refractivity contribution in [2.45, 2.75) is 26.0 Å². The van der Waals surface area contributed by atoms with Gasteiger partial charge in [-0.1, -0.05) is 23.8 Å². The lowest BCUT2D eigenvalue weighted by molar-refractivity contribution is 0.0754. The third kappa shape index (κ3) is 2.80. The van der Waals surface area contributed by atoms with Crippen molar-refractivity contribution in [3.05, 3.63) is 35.9 Å². The Morgan fingerprint density at radius 2 is 2.06 bits per heavy atom. The standard InChI is InChI=1S/C14H19NO2/c1-10(2)8-11(15-3)14-9-16-12-6-4-5-7-13(12)17-14/h4-8,11,14-15H,9H2,1-3H3. The van der Waals surface area contributed by atoms with Crippen LogP contribution in [0.4, 0.5) is 0 Å². The van der Waals surface area contributed by atoms with Crippen LogP contribution in [-0.2, 0) is 0 Å². The Balaban J connectivity index is 2.13. The van der Waals surface area contributed by atoms with Gasteiger partial charge in [0, 0.05) is 0 Å². The molecule has 1 N–H and O–H groups in total. The Morgan fingerprint density at radius 3 is 2.71 bits per heavy atom. The van der Waals surface area contributed by atoms with Crippen molar-refractivity contribution in [1.82, 2.24) is 5.32 Å². The monoisotopic (exact) mass is 233 g/mol. The topological polar surface area (TPSA) is 30.5 Å². The number of para-hydroxylation sites is 2. The van der Waals surface area contributed by atoms with E-state index in [4.69, 9.17) is 9.47 Å². The van der Waals surface area contributed by atoms with Gasteiger partial charge in [0.1, 0.15) is 6.61 Å². The molecule has 0 fully saturated rings. The number of hydrogen-bond donors (Lipinski definition) is 1. The third-order valence-corrected chi connectivity index (χ3v) is 2.78. The molecule has 0 aromatic heterocycles. The highest BCUT2D eigenvalue weighted by atomic mass is 16.6. The quantitative estimate of drug-likeness (QED) is 0.813. The number of nitrogens with one attached hydrogen (secondary N) is 1. The molecule has 1 aliphatic heterocycles. The van der Waals surface area contributed by atoms with E-state index in [1.807, 2.05) is 31.3 Å². The van der Waals surface area contributed by atoms with Crippen molar-refractivity contribution in [3.8, 4) is 11.5 Å². The molecule has 2 atom stereocenters. The van der Waals surface area contributed by atoms with E-state index < -0.39 is 0 Å². The molecule has 0 saturated carbocycles. The summed E-state index contributed by atoms with van der Waals surface area (Å²) in [6.07, 6.45) is 2.19. The predicted octanol–water partition coefficient (Wildman–Crippen LogP) is 2.38. The first kappa shape index (κ1) is 12.0. The maximum atomic E-state index is 5.95. The summed E-state index contributed by atoms with van der Waals surface area (Å²) in [7, 11) is 1.94. The number of rotatable bonds is 3. The molecule has 3 nitrogen and oxygen atoms in total. The molecule has 2 unspecified atom stereocenters. The lowest BCUT2D eigenvalue weighted by Crippen LogP contribution is -2.45. The molecule has 1 aromatic carbocycles. The summed E-state index contributed by atoms with van der Waals surface area (Å²) in [6.45, 7) is 4.75. The van der Waals surface area contributed by atoms with Crippen molar-refractivity contribution in [2.24, 2.45) is 0 Å². The first-order valence-corrected chi connectivity index (χ1v) is 5.91. The second kappa shape index (κ2) is 5.23. The van der Waals surface area contributed by atoms with Gasteiger partial charge in [0.2, 0.25) is 0 Å². The van der Waals surface area contributed by atoms with E-state index >= 15 is 0 Å². The summed E-state index contributed by atoms with van der Waals surface area (Å²) < 4.78 is 11.7. The number of fused-ring (bicyclic) bond motifs is 1. The number of allylic oxidation sites excluding steroid dienone is 1. The Morgan fingerprint density at radius 1 is 1.35 bits per heavy atom. The average molecular weight is 233 g/mol. The molecule has 2 rings (SSSR count). The predicted molar refractivity (Wildman–Crippen MR) is 68.6 cm³/mol. The summed E-state index contributed by atoms with van der Waals surface area (Å²) in [5.74, 6) is 1.65. The van der Waals surface area contributed by atoms with E-state index in [0.29, 0.717) is 6.61 Å². The van der Waals surface area contributed by atoms with Gasteiger partial charge < -0.3 is 14.8 Å². The fraction of sp³-hybridized carbons (Fsp3) is 0.429. The minimum absolute atomic E-state index is 0.0183. The minimum Gasteiger partial charge on any atom is -0.486 e. The zero-order chi connectivity index (χ0) is 12.3. The SMILES string of the molecule is CNC(C=C(C)C)C1COc2ccccc2O1. The molecule has 0 spiro atoms. The molecule has 0 saturated heterocycles. The highest BCUT2D eigenvalue weighted by molar-refractivity contribution is 5.41. The van der Waals surface area contributed by atoms with Crippen LogP contribution in [0.1, 0.15) is 13.8 Å². The average Bonchev–Trinajstić information content (AvgIpc) is 2.35. The highest BCUT2D eigenvalue weighted by Crippen LogP contribution is 2.31. The maximum absolute atomic E-state index is 5.95. The van der Waals surface area contributed by atoms with E-state index in [1.165, 1.54) is 5.57 Å². The molecule has 0 amide bonds. The molecule has 0 radical (unpaired) electrons. The van der Waals surface area contributed by atoms with Crippen LogP contribution >= 0.6 is 0 Å². The fourth-order valence-electron chi connectivity index (χ4n) is 1.95. The van der Waals surface area contributed by atoms with Crippen molar-refractivity contribution in [3.63, 3.8) is 0 Å². The summed E-state index contributed by atoms with van der Waals surface area (Å²) in [5.41, 5.74) is 1.27. The highest BCUT2D eigenvalue weighted by Gasteiger charge is 2.26. The second-order valence-corrected chi connectivity index (χ2v) is 4.47. The molecular weight excluding hydrogens is 214 g/mol. The lowest BCUT2D eigenvalue weighted by atomic mass is 10.1. The van der Waals surface area contributed by atoms with E-state index in [-0.39, 0.29) is 12.1 Å². The summed E-state index contributed by atoms with van der Waals surface area (Å²) in [4.78, 5) is 0. The van der Waals surface area contributed by atoms with E-state index in [2.05, 4.69) is 25.2 Å². The molecular formula is C14H19NO2. The van der Waals surface area contributed by atoms with Crippen LogP contribution in [0.5, 0.6) is 11.5 Å². The van der Waals surface area contributed by atoms with Gasteiger partial charge in [0.25, 0.3) is 0 Å². The van der Waals surface area contributed by atoms with Gasteiger partial charge in [-0.2, -0.15) is 0 Å². The molecule has 1 aromatic rings. The van der Waals surface area contributed by atoms with Crippen LogP contribution in [0.15, 0.2) is 35.9 Å². The summed E-state index contributed by atoms with van der Waals surface area (Å²) in [5, 5.41) is 3.25. The normalized spacial score (nSPS) is 19.6. The van der Waals surface area contributed by atoms with Gasteiger partial charge in [-0.05, 0) is 33.0 Å².